The Bertz CT molecular complexity index is 1220. The van der Waals surface area contributed by atoms with Crippen LogP contribution in [0, 0.1) is 6.92 Å². The van der Waals surface area contributed by atoms with Crippen molar-refractivity contribution in [3.63, 3.8) is 0 Å². The highest BCUT2D eigenvalue weighted by atomic mass is 32.2. The van der Waals surface area contributed by atoms with Crippen LogP contribution in [0.2, 0.25) is 0 Å². The average molecular weight is 479 g/mol. The molecule has 4 rings (SSSR count). The van der Waals surface area contributed by atoms with E-state index in [2.05, 4.69) is 0 Å². The molecule has 0 aromatic heterocycles. The molecule has 0 spiro atoms. The predicted octanol–water partition coefficient (Wildman–Crippen LogP) is 4.64. The molecule has 1 heterocycles. The Morgan fingerprint density at radius 3 is 2.09 bits per heavy atom. The molecule has 1 aliphatic heterocycles. The fourth-order valence-corrected chi connectivity index (χ4v) is 5.76. The van der Waals surface area contributed by atoms with Crippen LogP contribution in [-0.4, -0.2) is 43.9 Å². The molecule has 34 heavy (non-hydrogen) atoms. The number of anilines is 1. The molecule has 3 aromatic rings. The minimum atomic E-state index is -3.67. The summed E-state index contributed by atoms with van der Waals surface area (Å²) in [4.78, 5) is 15.4. The predicted molar refractivity (Wildman–Crippen MR) is 133 cm³/mol. The van der Waals surface area contributed by atoms with Crippen molar-refractivity contribution < 1.29 is 17.9 Å². The molecule has 0 bridgehead atoms. The number of carbonyl (C=O) groups is 1. The summed E-state index contributed by atoms with van der Waals surface area (Å²) in [6.45, 7) is 6.77. The lowest BCUT2D eigenvalue weighted by Gasteiger charge is -2.34. The zero-order chi connectivity index (χ0) is 24.3. The van der Waals surface area contributed by atoms with Crippen molar-refractivity contribution in [3.05, 3.63) is 95.6 Å². The lowest BCUT2D eigenvalue weighted by Crippen LogP contribution is -2.48. The summed E-state index contributed by atoms with van der Waals surface area (Å²) in [6, 6.07) is 23.8. The number of ether oxygens (including phenoxy) is 1. The number of amides is 1. The summed E-state index contributed by atoms with van der Waals surface area (Å²) >= 11 is 0. The van der Waals surface area contributed by atoms with Gasteiger partial charge in [-0.15, -0.1) is 0 Å². The average Bonchev–Trinajstić information content (AvgIpc) is 2.83. The number of hydrogen-bond donors (Lipinski definition) is 0. The van der Waals surface area contributed by atoms with Crippen molar-refractivity contribution in [1.29, 1.82) is 0 Å². The Morgan fingerprint density at radius 1 is 0.912 bits per heavy atom. The summed E-state index contributed by atoms with van der Waals surface area (Å²) in [6.07, 6.45) is -0.333. The quantitative estimate of drug-likeness (QED) is 0.518. The number of rotatable bonds is 6. The Kier molecular flexibility index (Phi) is 7.16. The third kappa shape index (κ3) is 5.38. The van der Waals surface area contributed by atoms with Crippen LogP contribution in [0.1, 0.15) is 35.3 Å². The van der Waals surface area contributed by atoms with Crippen molar-refractivity contribution in [2.45, 2.75) is 44.4 Å². The molecule has 0 N–H and O–H groups in total. The summed E-state index contributed by atoms with van der Waals surface area (Å²) < 4.78 is 33.4. The largest absolute Gasteiger partial charge is 0.373 e. The summed E-state index contributed by atoms with van der Waals surface area (Å²) in [7, 11) is -3.67. The summed E-state index contributed by atoms with van der Waals surface area (Å²) in [5.74, 6) is -0.190. The maximum absolute atomic E-state index is 13.5. The molecule has 6 nitrogen and oxygen atoms in total. The number of aryl methyl sites for hydroxylation is 1. The minimum Gasteiger partial charge on any atom is -0.373 e. The second-order valence-electron chi connectivity index (χ2n) is 8.82. The van der Waals surface area contributed by atoms with Crippen molar-refractivity contribution >= 4 is 21.6 Å². The third-order valence-corrected chi connectivity index (χ3v) is 7.75. The van der Waals surface area contributed by atoms with E-state index in [1.165, 1.54) is 16.4 Å². The van der Waals surface area contributed by atoms with Gasteiger partial charge in [0.05, 0.1) is 23.6 Å². The first-order valence-electron chi connectivity index (χ1n) is 11.4. The minimum absolute atomic E-state index is 0.166. The molecular weight excluding hydrogens is 448 g/mol. The summed E-state index contributed by atoms with van der Waals surface area (Å²) in [5, 5.41) is 0. The first-order valence-corrected chi connectivity index (χ1v) is 12.9. The van der Waals surface area contributed by atoms with Crippen LogP contribution in [0.3, 0.4) is 0 Å². The zero-order valence-electron chi connectivity index (χ0n) is 19.7. The van der Waals surface area contributed by atoms with E-state index < -0.39 is 10.0 Å². The third-order valence-electron chi connectivity index (χ3n) is 5.90. The summed E-state index contributed by atoms with van der Waals surface area (Å²) in [5.41, 5.74) is 3.33. The van der Waals surface area contributed by atoms with E-state index in [-0.39, 0.29) is 23.0 Å². The van der Waals surface area contributed by atoms with Gasteiger partial charge in [0.2, 0.25) is 10.0 Å². The molecule has 0 aliphatic carbocycles. The molecule has 0 unspecified atom stereocenters. The van der Waals surface area contributed by atoms with E-state index in [4.69, 9.17) is 4.74 Å². The number of benzene rings is 3. The Balaban J connectivity index is 1.60. The molecule has 1 saturated heterocycles. The van der Waals surface area contributed by atoms with Gasteiger partial charge in [0.1, 0.15) is 0 Å². The first-order chi connectivity index (χ1) is 16.2. The highest BCUT2D eigenvalue weighted by Crippen LogP contribution is 2.24. The first kappa shape index (κ1) is 24.1. The maximum atomic E-state index is 13.5. The lowest BCUT2D eigenvalue weighted by molar-refractivity contribution is -0.0440. The monoisotopic (exact) mass is 478 g/mol. The fraction of sp³-hybridized carbons (Fsp3) is 0.296. The smallest absolute Gasteiger partial charge is 0.258 e. The van der Waals surface area contributed by atoms with Crippen LogP contribution in [0.15, 0.2) is 83.8 Å². The van der Waals surface area contributed by atoms with Gasteiger partial charge in [-0.1, -0.05) is 48.0 Å². The van der Waals surface area contributed by atoms with E-state index in [0.717, 1.165) is 16.8 Å². The number of carbonyl (C=O) groups excluding carboxylic acids is 1. The molecule has 3 aromatic carbocycles. The van der Waals surface area contributed by atoms with Gasteiger partial charge in [-0.25, -0.2) is 8.42 Å². The van der Waals surface area contributed by atoms with Crippen LogP contribution < -0.4 is 4.90 Å². The molecule has 1 amide bonds. The van der Waals surface area contributed by atoms with Crippen molar-refractivity contribution in [2.24, 2.45) is 0 Å². The van der Waals surface area contributed by atoms with Crippen LogP contribution in [0.4, 0.5) is 5.69 Å². The second kappa shape index (κ2) is 10.1. The van der Waals surface area contributed by atoms with Crippen molar-refractivity contribution in [1.82, 2.24) is 4.31 Å². The van der Waals surface area contributed by atoms with Crippen molar-refractivity contribution in [3.8, 4) is 0 Å². The van der Waals surface area contributed by atoms with Gasteiger partial charge in [0.15, 0.2) is 0 Å². The molecule has 7 heteroatoms. The normalized spacial score (nSPS) is 19.0. The number of hydrogen-bond acceptors (Lipinski definition) is 4. The highest BCUT2D eigenvalue weighted by molar-refractivity contribution is 7.89. The molecule has 0 radical (unpaired) electrons. The zero-order valence-corrected chi connectivity index (χ0v) is 20.5. The van der Waals surface area contributed by atoms with Crippen LogP contribution >= 0.6 is 0 Å². The molecule has 2 atom stereocenters. The van der Waals surface area contributed by atoms with E-state index in [1.54, 1.807) is 17.0 Å². The Morgan fingerprint density at radius 2 is 1.50 bits per heavy atom. The van der Waals surface area contributed by atoms with Crippen LogP contribution in [-0.2, 0) is 21.3 Å². The molecule has 1 aliphatic rings. The standard InChI is InChI=1S/C27H30N2O4S/c1-20-9-13-25(14-10-20)29(19-23-7-5-4-6-8-23)27(30)24-11-15-26(16-12-24)34(31,32)28-17-21(2)33-22(3)18-28/h4-16,21-22H,17-19H2,1-3H3/t21-,22+. The van der Waals surface area contributed by atoms with Crippen LogP contribution in [0.5, 0.6) is 0 Å². The van der Waals surface area contributed by atoms with Gasteiger partial charge < -0.3 is 9.64 Å². The van der Waals surface area contributed by atoms with Gasteiger partial charge in [0, 0.05) is 24.3 Å². The number of sulfonamides is 1. The van der Waals surface area contributed by atoms with Gasteiger partial charge in [0.25, 0.3) is 5.91 Å². The maximum Gasteiger partial charge on any atom is 0.258 e. The second-order valence-corrected chi connectivity index (χ2v) is 10.8. The molecule has 1 fully saturated rings. The van der Waals surface area contributed by atoms with Gasteiger partial charge in [-0.2, -0.15) is 4.31 Å². The topological polar surface area (TPSA) is 66.9 Å². The van der Waals surface area contributed by atoms with Gasteiger partial charge >= 0.3 is 0 Å². The fourth-order valence-electron chi connectivity index (χ4n) is 4.17. The van der Waals surface area contributed by atoms with E-state index in [1.807, 2.05) is 75.4 Å². The Labute approximate surface area is 201 Å². The van der Waals surface area contributed by atoms with E-state index in [9.17, 15) is 13.2 Å². The van der Waals surface area contributed by atoms with E-state index in [0.29, 0.717) is 25.2 Å². The Hall–Kier alpha value is -3.00. The lowest BCUT2D eigenvalue weighted by atomic mass is 10.1. The molecule has 178 valence electrons. The number of morpholine rings is 1. The van der Waals surface area contributed by atoms with Crippen molar-refractivity contribution in [2.75, 3.05) is 18.0 Å². The van der Waals surface area contributed by atoms with Gasteiger partial charge in [-0.3, -0.25) is 4.79 Å². The SMILES string of the molecule is Cc1ccc(N(Cc2ccccc2)C(=O)c2ccc(S(=O)(=O)N3C[C@@H](C)O[C@@H](C)C3)cc2)cc1. The van der Waals surface area contributed by atoms with Gasteiger partial charge in [-0.05, 0) is 62.7 Å². The highest BCUT2D eigenvalue weighted by Gasteiger charge is 2.32. The number of nitrogens with zero attached hydrogens (tertiary/aromatic N) is 2. The molecule has 0 saturated carbocycles. The van der Waals surface area contributed by atoms with E-state index >= 15 is 0 Å². The molecular formula is C27H30N2O4S. The van der Waals surface area contributed by atoms with Crippen LogP contribution in [0.25, 0.3) is 0 Å².